The fourth-order valence-corrected chi connectivity index (χ4v) is 3.23. The Bertz CT molecular complexity index is 961. The molecular formula is C20H16ClFN2O3. The Kier molecular flexibility index (Phi) is 4.81. The molecular weight excluding hydrogens is 371 g/mol. The lowest BCUT2D eigenvalue weighted by molar-refractivity contribution is 0.0454. The molecule has 0 N–H and O–H groups in total. The standard InChI is InChI=1S/C20H16ClFN2O3/c21-15-10-14(22)6-7-18(15)26-12-19-23-16(11-27-19)20(25)24-9-8-17(24)13-4-2-1-3-5-13/h1-7,10-11,17H,8-9,12H2/t17-/m0/s1. The molecule has 5 nitrogen and oxygen atoms in total. The number of aromatic nitrogens is 1. The third-order valence-corrected chi connectivity index (χ3v) is 4.78. The first-order valence-electron chi connectivity index (χ1n) is 8.50. The van der Waals surface area contributed by atoms with Crippen LogP contribution in [0.25, 0.3) is 0 Å². The molecule has 0 aliphatic carbocycles. The van der Waals surface area contributed by atoms with Crippen molar-refractivity contribution < 1.29 is 18.3 Å². The first-order valence-corrected chi connectivity index (χ1v) is 8.88. The number of nitrogens with zero attached hydrogens (tertiary/aromatic N) is 2. The number of carbonyl (C=O) groups excluding carboxylic acids is 1. The van der Waals surface area contributed by atoms with Crippen LogP contribution in [0.1, 0.15) is 34.4 Å². The van der Waals surface area contributed by atoms with E-state index < -0.39 is 5.82 Å². The summed E-state index contributed by atoms with van der Waals surface area (Å²) < 4.78 is 23.9. The first kappa shape index (κ1) is 17.5. The van der Waals surface area contributed by atoms with Gasteiger partial charge in [0.05, 0.1) is 11.1 Å². The number of hydrogen-bond acceptors (Lipinski definition) is 4. The van der Waals surface area contributed by atoms with Crippen molar-refractivity contribution >= 4 is 17.5 Å². The van der Waals surface area contributed by atoms with Gasteiger partial charge in [-0.2, -0.15) is 0 Å². The second-order valence-corrected chi connectivity index (χ2v) is 6.61. The molecule has 2 aromatic carbocycles. The second-order valence-electron chi connectivity index (χ2n) is 6.20. The van der Waals surface area contributed by atoms with Crippen molar-refractivity contribution in [1.29, 1.82) is 0 Å². The minimum Gasteiger partial charge on any atom is -0.482 e. The number of benzene rings is 2. The van der Waals surface area contributed by atoms with Crippen molar-refractivity contribution in [3.63, 3.8) is 0 Å². The molecule has 1 fully saturated rings. The monoisotopic (exact) mass is 386 g/mol. The third kappa shape index (κ3) is 3.66. The largest absolute Gasteiger partial charge is 0.482 e. The van der Waals surface area contributed by atoms with Crippen molar-refractivity contribution in [2.75, 3.05) is 6.54 Å². The quantitative estimate of drug-likeness (QED) is 0.641. The van der Waals surface area contributed by atoms with Crippen LogP contribution in [0.2, 0.25) is 5.02 Å². The van der Waals surface area contributed by atoms with Gasteiger partial charge in [-0.05, 0) is 30.2 Å². The van der Waals surface area contributed by atoms with Gasteiger partial charge in [-0.15, -0.1) is 0 Å². The minimum atomic E-state index is -0.445. The molecule has 0 unspecified atom stereocenters. The predicted molar refractivity (Wildman–Crippen MR) is 97.1 cm³/mol. The van der Waals surface area contributed by atoms with E-state index in [0.717, 1.165) is 18.1 Å². The van der Waals surface area contributed by atoms with Crippen LogP contribution < -0.4 is 4.74 Å². The van der Waals surface area contributed by atoms with E-state index in [1.807, 2.05) is 30.3 Å². The Morgan fingerprint density at radius 3 is 2.81 bits per heavy atom. The minimum absolute atomic E-state index is 0.0131. The van der Waals surface area contributed by atoms with Crippen LogP contribution in [0.15, 0.2) is 59.2 Å². The van der Waals surface area contributed by atoms with Crippen LogP contribution in [0, 0.1) is 5.82 Å². The SMILES string of the molecule is O=C(c1coc(COc2ccc(F)cc2Cl)n1)N1CC[C@H]1c1ccccc1. The van der Waals surface area contributed by atoms with Crippen molar-refractivity contribution in [3.8, 4) is 5.75 Å². The van der Waals surface area contributed by atoms with E-state index in [1.54, 1.807) is 4.90 Å². The fraction of sp³-hybridized carbons (Fsp3) is 0.200. The summed E-state index contributed by atoms with van der Waals surface area (Å²) in [6.45, 7) is 0.670. The van der Waals surface area contributed by atoms with Crippen molar-refractivity contribution in [2.24, 2.45) is 0 Å². The van der Waals surface area contributed by atoms with Crippen molar-refractivity contribution in [3.05, 3.63) is 82.8 Å². The van der Waals surface area contributed by atoms with E-state index in [0.29, 0.717) is 12.3 Å². The molecule has 138 valence electrons. The van der Waals surface area contributed by atoms with Gasteiger partial charge in [-0.3, -0.25) is 4.79 Å². The zero-order chi connectivity index (χ0) is 18.8. The molecule has 4 rings (SSSR count). The normalized spacial score (nSPS) is 16.1. The van der Waals surface area contributed by atoms with E-state index in [-0.39, 0.29) is 35.2 Å². The Morgan fingerprint density at radius 1 is 1.30 bits per heavy atom. The van der Waals surface area contributed by atoms with Crippen molar-refractivity contribution in [2.45, 2.75) is 19.1 Å². The lowest BCUT2D eigenvalue weighted by Gasteiger charge is -2.40. The number of amides is 1. The third-order valence-electron chi connectivity index (χ3n) is 4.48. The number of rotatable bonds is 5. The van der Waals surface area contributed by atoms with E-state index in [2.05, 4.69) is 4.98 Å². The molecule has 1 aliphatic heterocycles. The van der Waals surface area contributed by atoms with Gasteiger partial charge in [0.15, 0.2) is 12.3 Å². The number of halogens is 2. The van der Waals surface area contributed by atoms with Gasteiger partial charge in [-0.1, -0.05) is 41.9 Å². The van der Waals surface area contributed by atoms with Gasteiger partial charge < -0.3 is 14.1 Å². The van der Waals surface area contributed by atoms with Crippen LogP contribution in [-0.4, -0.2) is 22.3 Å². The summed E-state index contributed by atoms with van der Waals surface area (Å²) in [5.41, 5.74) is 1.34. The average Bonchev–Trinajstić information content (AvgIpc) is 3.10. The molecule has 1 amide bonds. The maximum Gasteiger partial charge on any atom is 0.276 e. The van der Waals surface area contributed by atoms with E-state index in [4.69, 9.17) is 20.8 Å². The highest BCUT2D eigenvalue weighted by atomic mass is 35.5. The summed E-state index contributed by atoms with van der Waals surface area (Å²) >= 11 is 5.92. The highest BCUT2D eigenvalue weighted by Crippen LogP contribution is 2.34. The topological polar surface area (TPSA) is 55.6 Å². The molecule has 2 heterocycles. The van der Waals surface area contributed by atoms with Crippen LogP contribution in [0.4, 0.5) is 4.39 Å². The molecule has 1 aliphatic rings. The van der Waals surface area contributed by atoms with Crippen LogP contribution in [0.5, 0.6) is 5.75 Å². The summed E-state index contributed by atoms with van der Waals surface area (Å²) in [5.74, 6) is -0.0599. The Hall–Kier alpha value is -2.86. The molecule has 7 heteroatoms. The van der Waals surface area contributed by atoms with Crippen LogP contribution >= 0.6 is 11.6 Å². The molecule has 1 atom stereocenters. The number of carbonyl (C=O) groups is 1. The number of likely N-dealkylation sites (tertiary alicyclic amines) is 1. The zero-order valence-corrected chi connectivity index (χ0v) is 15.0. The molecule has 0 saturated carbocycles. The molecule has 0 spiro atoms. The summed E-state index contributed by atoms with van der Waals surface area (Å²) in [7, 11) is 0. The van der Waals surface area contributed by atoms with Gasteiger partial charge in [0.2, 0.25) is 5.89 Å². The Balaban J connectivity index is 1.41. The van der Waals surface area contributed by atoms with Gasteiger partial charge in [0.25, 0.3) is 5.91 Å². The summed E-state index contributed by atoms with van der Waals surface area (Å²) in [6, 6.07) is 13.8. The lowest BCUT2D eigenvalue weighted by atomic mass is 9.94. The number of hydrogen-bond donors (Lipinski definition) is 0. The smallest absolute Gasteiger partial charge is 0.276 e. The average molecular weight is 387 g/mol. The van der Waals surface area contributed by atoms with Gasteiger partial charge in [-0.25, -0.2) is 9.37 Å². The van der Waals surface area contributed by atoms with Crippen molar-refractivity contribution in [1.82, 2.24) is 9.88 Å². The Morgan fingerprint density at radius 2 is 2.11 bits per heavy atom. The molecule has 3 aromatic rings. The maximum absolute atomic E-state index is 13.1. The molecule has 1 aromatic heterocycles. The van der Waals surface area contributed by atoms with Crippen LogP contribution in [0.3, 0.4) is 0 Å². The summed E-state index contributed by atoms with van der Waals surface area (Å²) in [5, 5.41) is 0.157. The van der Waals surface area contributed by atoms with Gasteiger partial charge >= 0.3 is 0 Å². The highest BCUT2D eigenvalue weighted by Gasteiger charge is 2.35. The highest BCUT2D eigenvalue weighted by molar-refractivity contribution is 6.32. The molecule has 27 heavy (non-hydrogen) atoms. The van der Waals surface area contributed by atoms with Gasteiger partial charge in [0.1, 0.15) is 17.8 Å². The lowest BCUT2D eigenvalue weighted by Crippen LogP contribution is -2.45. The van der Waals surface area contributed by atoms with E-state index in [1.165, 1.54) is 18.4 Å². The molecule has 0 bridgehead atoms. The molecule has 0 radical (unpaired) electrons. The number of oxazole rings is 1. The first-order chi connectivity index (χ1) is 13.1. The van der Waals surface area contributed by atoms with E-state index in [9.17, 15) is 9.18 Å². The molecule has 1 saturated heterocycles. The number of ether oxygens (including phenoxy) is 1. The second kappa shape index (κ2) is 7.40. The zero-order valence-electron chi connectivity index (χ0n) is 14.3. The Labute approximate surface area is 160 Å². The maximum atomic E-state index is 13.1. The summed E-state index contributed by atoms with van der Waals surface area (Å²) in [4.78, 5) is 18.7. The van der Waals surface area contributed by atoms with E-state index >= 15 is 0 Å². The fourth-order valence-electron chi connectivity index (χ4n) is 3.01. The van der Waals surface area contributed by atoms with Gasteiger partial charge in [0, 0.05) is 6.54 Å². The van der Waals surface area contributed by atoms with Crippen LogP contribution in [-0.2, 0) is 6.61 Å². The predicted octanol–water partition coefficient (Wildman–Crippen LogP) is 4.63. The summed E-state index contributed by atoms with van der Waals surface area (Å²) in [6.07, 6.45) is 2.25.